The summed E-state index contributed by atoms with van der Waals surface area (Å²) in [5.41, 5.74) is 0.829. The van der Waals surface area contributed by atoms with Gasteiger partial charge in [0.15, 0.2) is 5.78 Å². The van der Waals surface area contributed by atoms with Gasteiger partial charge in [-0.05, 0) is 5.56 Å². The topological polar surface area (TPSA) is 77.8 Å². The third-order valence-corrected chi connectivity index (χ3v) is 2.14. The molecule has 1 aromatic rings. The van der Waals surface area contributed by atoms with E-state index < -0.39 is 24.6 Å². The molecule has 0 saturated carbocycles. The molecule has 0 bridgehead atoms. The second kappa shape index (κ2) is 5.60. The summed E-state index contributed by atoms with van der Waals surface area (Å²) in [6, 6.07) is 9.04. The summed E-state index contributed by atoms with van der Waals surface area (Å²) >= 11 is 0. The maximum Gasteiger partial charge on any atom is 0.189 e. The van der Waals surface area contributed by atoms with E-state index in [1.807, 2.05) is 18.2 Å². The van der Waals surface area contributed by atoms with Crippen LogP contribution in [0.15, 0.2) is 30.3 Å². The molecular weight excluding hydrogens is 196 g/mol. The first-order valence-electron chi connectivity index (χ1n) is 4.68. The lowest BCUT2D eigenvalue weighted by Crippen LogP contribution is -2.37. The molecule has 0 aliphatic carbocycles. The maximum atomic E-state index is 10.9. The molecule has 15 heavy (non-hydrogen) atoms. The highest BCUT2D eigenvalue weighted by molar-refractivity contribution is 5.84. The minimum Gasteiger partial charge on any atom is -0.390 e. The standard InChI is InChI=1S/C11H14O4/c12-7-10(14)11(15)9(13)6-8-4-2-1-3-5-8/h1-5,9,11-13,15H,6-7H2. The molecule has 0 aliphatic heterocycles. The summed E-state index contributed by atoms with van der Waals surface area (Å²) in [7, 11) is 0. The highest BCUT2D eigenvalue weighted by Crippen LogP contribution is 2.06. The molecule has 82 valence electrons. The zero-order valence-electron chi connectivity index (χ0n) is 8.21. The Kier molecular flexibility index (Phi) is 4.42. The normalized spacial score (nSPS) is 14.6. The lowest BCUT2D eigenvalue weighted by atomic mass is 10.0. The van der Waals surface area contributed by atoms with Crippen LogP contribution in [0.4, 0.5) is 0 Å². The summed E-state index contributed by atoms with van der Waals surface area (Å²) in [5, 5.41) is 27.3. The molecule has 0 radical (unpaired) electrons. The zero-order valence-corrected chi connectivity index (χ0v) is 8.21. The van der Waals surface area contributed by atoms with Gasteiger partial charge in [-0.25, -0.2) is 0 Å². The molecule has 1 rings (SSSR count). The van der Waals surface area contributed by atoms with Crippen molar-refractivity contribution in [1.82, 2.24) is 0 Å². The van der Waals surface area contributed by atoms with E-state index in [-0.39, 0.29) is 6.42 Å². The number of carbonyl (C=O) groups excluding carboxylic acids is 1. The molecule has 2 unspecified atom stereocenters. The monoisotopic (exact) mass is 210 g/mol. The molecule has 0 fully saturated rings. The fraction of sp³-hybridized carbons (Fsp3) is 0.364. The van der Waals surface area contributed by atoms with Crippen LogP contribution in [0, 0.1) is 0 Å². The molecule has 0 saturated heterocycles. The van der Waals surface area contributed by atoms with Crippen molar-refractivity contribution in [2.24, 2.45) is 0 Å². The molecule has 0 heterocycles. The molecule has 4 heteroatoms. The first-order valence-corrected chi connectivity index (χ1v) is 4.68. The van der Waals surface area contributed by atoms with E-state index in [4.69, 9.17) is 5.11 Å². The summed E-state index contributed by atoms with van der Waals surface area (Å²) in [6.45, 7) is -0.757. The molecule has 2 atom stereocenters. The number of carbonyl (C=O) groups is 1. The van der Waals surface area contributed by atoms with Crippen molar-refractivity contribution >= 4 is 5.78 Å². The fourth-order valence-corrected chi connectivity index (χ4v) is 1.28. The second-order valence-corrected chi connectivity index (χ2v) is 3.33. The molecule has 1 aromatic carbocycles. The quantitative estimate of drug-likeness (QED) is 0.613. The van der Waals surface area contributed by atoms with E-state index >= 15 is 0 Å². The van der Waals surface area contributed by atoms with E-state index in [1.54, 1.807) is 12.1 Å². The molecule has 4 nitrogen and oxygen atoms in total. The van der Waals surface area contributed by atoms with Crippen molar-refractivity contribution in [2.75, 3.05) is 6.61 Å². The van der Waals surface area contributed by atoms with Gasteiger partial charge < -0.3 is 15.3 Å². The van der Waals surface area contributed by atoms with Crippen molar-refractivity contribution in [1.29, 1.82) is 0 Å². The highest BCUT2D eigenvalue weighted by Gasteiger charge is 2.23. The van der Waals surface area contributed by atoms with Crippen LogP contribution in [0.1, 0.15) is 5.56 Å². The van der Waals surface area contributed by atoms with Gasteiger partial charge in [0.05, 0.1) is 6.10 Å². The summed E-state index contributed by atoms with van der Waals surface area (Å²) in [5.74, 6) is -0.765. The average Bonchev–Trinajstić information content (AvgIpc) is 2.28. The minimum atomic E-state index is -1.52. The Morgan fingerprint density at radius 2 is 1.80 bits per heavy atom. The summed E-state index contributed by atoms with van der Waals surface area (Å²) in [6.07, 6.45) is -2.50. The van der Waals surface area contributed by atoms with Gasteiger partial charge >= 0.3 is 0 Å². The summed E-state index contributed by atoms with van der Waals surface area (Å²) in [4.78, 5) is 10.9. The Bertz CT molecular complexity index is 310. The molecule has 0 amide bonds. The predicted octanol–water partition coefficient (Wildman–Crippen LogP) is -0.488. The third-order valence-electron chi connectivity index (χ3n) is 2.14. The van der Waals surface area contributed by atoms with Gasteiger partial charge in [0, 0.05) is 6.42 Å². The van der Waals surface area contributed by atoms with E-state index in [0.29, 0.717) is 0 Å². The van der Waals surface area contributed by atoms with Gasteiger partial charge in [0.2, 0.25) is 0 Å². The van der Waals surface area contributed by atoms with Gasteiger partial charge in [-0.1, -0.05) is 30.3 Å². The number of Topliss-reactive ketones (excluding diaryl/α,β-unsaturated/α-hetero) is 1. The lowest BCUT2D eigenvalue weighted by Gasteiger charge is -2.15. The van der Waals surface area contributed by atoms with Crippen LogP contribution in [0.25, 0.3) is 0 Å². The van der Waals surface area contributed by atoms with Crippen molar-refractivity contribution < 1.29 is 20.1 Å². The SMILES string of the molecule is O=C(CO)C(O)C(O)Cc1ccccc1. The van der Waals surface area contributed by atoms with Crippen molar-refractivity contribution in [2.45, 2.75) is 18.6 Å². The zero-order chi connectivity index (χ0) is 11.3. The number of rotatable bonds is 5. The largest absolute Gasteiger partial charge is 0.390 e. The third kappa shape index (κ3) is 3.43. The second-order valence-electron chi connectivity index (χ2n) is 3.33. The highest BCUT2D eigenvalue weighted by atomic mass is 16.3. The van der Waals surface area contributed by atoms with E-state index in [0.717, 1.165) is 5.56 Å². The lowest BCUT2D eigenvalue weighted by molar-refractivity contribution is -0.135. The molecule has 0 aliphatic rings. The van der Waals surface area contributed by atoms with E-state index in [1.165, 1.54) is 0 Å². The van der Waals surface area contributed by atoms with Gasteiger partial charge in [-0.15, -0.1) is 0 Å². The molecular formula is C11H14O4. The number of aliphatic hydroxyl groups is 3. The number of hydrogen-bond acceptors (Lipinski definition) is 4. The van der Waals surface area contributed by atoms with Crippen LogP contribution in [0.2, 0.25) is 0 Å². The Morgan fingerprint density at radius 1 is 1.20 bits per heavy atom. The maximum absolute atomic E-state index is 10.9. The number of aliphatic hydroxyl groups excluding tert-OH is 3. The number of ketones is 1. The number of benzene rings is 1. The van der Waals surface area contributed by atoms with Crippen LogP contribution < -0.4 is 0 Å². The van der Waals surface area contributed by atoms with E-state index in [2.05, 4.69) is 0 Å². The average molecular weight is 210 g/mol. The van der Waals surface area contributed by atoms with Crippen LogP contribution in [-0.4, -0.2) is 39.9 Å². The predicted molar refractivity (Wildman–Crippen MR) is 54.3 cm³/mol. The van der Waals surface area contributed by atoms with Crippen molar-refractivity contribution in [3.05, 3.63) is 35.9 Å². The van der Waals surface area contributed by atoms with Gasteiger partial charge in [0.1, 0.15) is 12.7 Å². The van der Waals surface area contributed by atoms with Crippen LogP contribution >= 0.6 is 0 Å². The first kappa shape index (κ1) is 11.8. The van der Waals surface area contributed by atoms with Gasteiger partial charge in [-0.2, -0.15) is 0 Å². The smallest absolute Gasteiger partial charge is 0.189 e. The van der Waals surface area contributed by atoms with Crippen molar-refractivity contribution in [3.63, 3.8) is 0 Å². The first-order chi connectivity index (χ1) is 7.15. The summed E-state index contributed by atoms with van der Waals surface area (Å²) < 4.78 is 0. The van der Waals surface area contributed by atoms with Crippen LogP contribution in [0.5, 0.6) is 0 Å². The molecule has 3 N–H and O–H groups in total. The fourth-order valence-electron chi connectivity index (χ4n) is 1.28. The molecule has 0 aromatic heterocycles. The Hall–Kier alpha value is -1.23. The Morgan fingerprint density at radius 3 is 2.33 bits per heavy atom. The van der Waals surface area contributed by atoms with Crippen LogP contribution in [0.3, 0.4) is 0 Å². The van der Waals surface area contributed by atoms with Gasteiger partial charge in [0.25, 0.3) is 0 Å². The minimum absolute atomic E-state index is 0.188. The Labute approximate surface area is 87.8 Å². The van der Waals surface area contributed by atoms with E-state index in [9.17, 15) is 15.0 Å². The Balaban J connectivity index is 2.56. The van der Waals surface area contributed by atoms with Gasteiger partial charge in [-0.3, -0.25) is 4.79 Å². The van der Waals surface area contributed by atoms with Crippen LogP contribution in [-0.2, 0) is 11.2 Å². The number of hydrogen-bond donors (Lipinski definition) is 3. The van der Waals surface area contributed by atoms with Crippen molar-refractivity contribution in [3.8, 4) is 0 Å². The molecule has 0 spiro atoms.